The van der Waals surface area contributed by atoms with E-state index in [0.29, 0.717) is 13.1 Å². The smallest absolute Gasteiger partial charge is 0.320 e. The molecule has 0 aromatic heterocycles. The average molecular weight is 270 g/mol. The van der Waals surface area contributed by atoms with Crippen LogP contribution in [0.1, 0.15) is 46.5 Å². The number of urea groups is 1. The number of hydrogen-bond acceptors (Lipinski definition) is 2. The first-order valence-electron chi connectivity index (χ1n) is 7.26. The Kier molecular flexibility index (Phi) is 6.12. The van der Waals surface area contributed by atoms with Crippen molar-refractivity contribution in [3.63, 3.8) is 0 Å². The van der Waals surface area contributed by atoms with Crippen molar-refractivity contribution in [3.8, 4) is 0 Å². The van der Waals surface area contributed by atoms with E-state index in [1.165, 1.54) is 0 Å². The van der Waals surface area contributed by atoms with E-state index in [0.717, 1.165) is 25.8 Å². The highest BCUT2D eigenvalue weighted by molar-refractivity contribution is 5.75. The Morgan fingerprint density at radius 1 is 1.42 bits per heavy atom. The fourth-order valence-electron chi connectivity index (χ4n) is 2.69. The van der Waals surface area contributed by atoms with Crippen LogP contribution >= 0.6 is 0 Å². The fourth-order valence-corrected chi connectivity index (χ4v) is 2.69. The van der Waals surface area contributed by atoms with E-state index >= 15 is 0 Å². The zero-order chi connectivity index (χ0) is 14.4. The molecule has 1 fully saturated rings. The first kappa shape index (κ1) is 15.8. The molecular weight excluding hydrogens is 244 g/mol. The molecule has 1 aliphatic heterocycles. The molecule has 1 rings (SSSR count). The number of hydrogen-bond donors (Lipinski definition) is 1. The van der Waals surface area contributed by atoms with Gasteiger partial charge in [-0.15, -0.1) is 0 Å². The Bertz CT molecular complexity index is 320. The molecule has 1 N–H and O–H groups in total. The van der Waals surface area contributed by atoms with Crippen molar-refractivity contribution >= 4 is 12.0 Å². The molecule has 0 aliphatic carbocycles. The number of rotatable bonds is 5. The highest BCUT2D eigenvalue weighted by atomic mass is 16.4. The Morgan fingerprint density at radius 2 is 2.11 bits per heavy atom. The molecule has 19 heavy (non-hydrogen) atoms. The summed E-state index contributed by atoms with van der Waals surface area (Å²) >= 11 is 0. The SMILES string of the molecule is CCC(C)N(CC)C(=O)N1CCCC(CC(=O)O)C1. The highest BCUT2D eigenvalue weighted by Gasteiger charge is 2.29. The van der Waals surface area contributed by atoms with Crippen molar-refractivity contribution in [2.45, 2.75) is 52.5 Å². The number of aliphatic carboxylic acids is 1. The standard InChI is InChI=1S/C14H26N2O3/c1-4-11(3)16(5-2)14(19)15-8-6-7-12(10-15)9-13(17)18/h11-12H,4-10H2,1-3H3,(H,17,18). The summed E-state index contributed by atoms with van der Waals surface area (Å²) in [6, 6.07) is 0.296. The van der Waals surface area contributed by atoms with Gasteiger partial charge < -0.3 is 14.9 Å². The minimum atomic E-state index is -0.770. The van der Waals surface area contributed by atoms with Gasteiger partial charge in [-0.05, 0) is 39.0 Å². The van der Waals surface area contributed by atoms with Crippen LogP contribution in [-0.4, -0.2) is 52.6 Å². The van der Waals surface area contributed by atoms with Crippen LogP contribution in [0.5, 0.6) is 0 Å². The zero-order valence-corrected chi connectivity index (χ0v) is 12.3. The summed E-state index contributed by atoms with van der Waals surface area (Å²) in [5.74, 6) is -0.667. The number of amides is 2. The second-order valence-corrected chi connectivity index (χ2v) is 5.38. The average Bonchev–Trinajstić information content (AvgIpc) is 2.38. The lowest BCUT2D eigenvalue weighted by molar-refractivity contribution is -0.138. The summed E-state index contributed by atoms with van der Waals surface area (Å²) in [7, 11) is 0. The van der Waals surface area contributed by atoms with Crippen molar-refractivity contribution in [3.05, 3.63) is 0 Å². The maximum atomic E-state index is 12.5. The molecule has 0 bridgehead atoms. The van der Waals surface area contributed by atoms with Crippen molar-refractivity contribution in [1.82, 2.24) is 9.80 Å². The summed E-state index contributed by atoms with van der Waals surface area (Å²) in [6.07, 6.45) is 2.92. The van der Waals surface area contributed by atoms with Crippen LogP contribution in [0.2, 0.25) is 0 Å². The molecule has 110 valence electrons. The van der Waals surface area contributed by atoms with Crippen LogP contribution in [0.15, 0.2) is 0 Å². The Labute approximate surface area is 115 Å². The van der Waals surface area contributed by atoms with Gasteiger partial charge in [0.05, 0.1) is 0 Å². The predicted octanol–water partition coefficient (Wildman–Crippen LogP) is 2.41. The third kappa shape index (κ3) is 4.40. The van der Waals surface area contributed by atoms with Crippen molar-refractivity contribution in [2.24, 2.45) is 5.92 Å². The largest absolute Gasteiger partial charge is 0.481 e. The fraction of sp³-hybridized carbons (Fsp3) is 0.857. The van der Waals surface area contributed by atoms with Gasteiger partial charge in [0, 0.05) is 32.1 Å². The van der Waals surface area contributed by atoms with Crippen LogP contribution in [0.25, 0.3) is 0 Å². The lowest BCUT2D eigenvalue weighted by Crippen LogP contribution is -2.50. The van der Waals surface area contributed by atoms with Crippen molar-refractivity contribution < 1.29 is 14.7 Å². The minimum absolute atomic E-state index is 0.0620. The van der Waals surface area contributed by atoms with Crippen LogP contribution in [0.4, 0.5) is 4.79 Å². The van der Waals surface area contributed by atoms with Gasteiger partial charge in [-0.3, -0.25) is 4.79 Å². The van der Waals surface area contributed by atoms with Gasteiger partial charge in [-0.1, -0.05) is 6.92 Å². The molecule has 0 aromatic rings. The van der Waals surface area contributed by atoms with Crippen LogP contribution in [0, 0.1) is 5.92 Å². The zero-order valence-electron chi connectivity index (χ0n) is 12.3. The molecule has 5 heteroatoms. The molecule has 0 spiro atoms. The topological polar surface area (TPSA) is 60.9 Å². The second kappa shape index (κ2) is 7.36. The van der Waals surface area contributed by atoms with Gasteiger partial charge in [-0.2, -0.15) is 0 Å². The quantitative estimate of drug-likeness (QED) is 0.834. The molecule has 2 amide bonds. The molecule has 1 aliphatic rings. The summed E-state index contributed by atoms with van der Waals surface area (Å²) in [4.78, 5) is 26.9. The van der Waals surface area contributed by atoms with Crippen LogP contribution in [-0.2, 0) is 4.79 Å². The van der Waals surface area contributed by atoms with E-state index in [1.807, 2.05) is 16.7 Å². The number of nitrogens with zero attached hydrogens (tertiary/aromatic N) is 2. The summed E-state index contributed by atoms with van der Waals surface area (Å²) in [6.45, 7) is 8.15. The third-order valence-electron chi connectivity index (χ3n) is 3.96. The van der Waals surface area contributed by atoms with Gasteiger partial charge in [0.25, 0.3) is 0 Å². The normalized spacial score (nSPS) is 21.0. The van der Waals surface area contributed by atoms with E-state index in [9.17, 15) is 9.59 Å². The Morgan fingerprint density at radius 3 is 2.63 bits per heavy atom. The lowest BCUT2D eigenvalue weighted by Gasteiger charge is -2.38. The van der Waals surface area contributed by atoms with E-state index < -0.39 is 5.97 Å². The van der Waals surface area contributed by atoms with Crippen molar-refractivity contribution in [1.29, 1.82) is 0 Å². The lowest BCUT2D eigenvalue weighted by atomic mass is 9.95. The molecule has 1 heterocycles. The third-order valence-corrected chi connectivity index (χ3v) is 3.96. The minimum Gasteiger partial charge on any atom is -0.481 e. The molecule has 0 aromatic carbocycles. The van der Waals surface area contributed by atoms with Crippen molar-refractivity contribution in [2.75, 3.05) is 19.6 Å². The van der Waals surface area contributed by atoms with E-state index in [4.69, 9.17) is 5.11 Å². The monoisotopic (exact) mass is 270 g/mol. The Hall–Kier alpha value is -1.26. The first-order valence-corrected chi connectivity index (χ1v) is 7.26. The second-order valence-electron chi connectivity index (χ2n) is 5.38. The molecule has 0 radical (unpaired) electrons. The van der Waals surface area contributed by atoms with Crippen LogP contribution in [0.3, 0.4) is 0 Å². The first-order chi connectivity index (χ1) is 8.99. The molecular formula is C14H26N2O3. The number of carboxylic acids is 1. The van der Waals surface area contributed by atoms with Crippen LogP contribution < -0.4 is 0 Å². The summed E-state index contributed by atoms with van der Waals surface area (Å²) < 4.78 is 0. The highest BCUT2D eigenvalue weighted by Crippen LogP contribution is 2.21. The number of carboxylic acid groups (broad SMARTS) is 1. The number of carbonyl (C=O) groups is 2. The molecule has 5 nitrogen and oxygen atoms in total. The molecule has 2 atom stereocenters. The number of likely N-dealkylation sites (tertiary alicyclic amines) is 1. The van der Waals surface area contributed by atoms with E-state index in [1.54, 1.807) is 0 Å². The van der Waals surface area contributed by atoms with E-state index in [2.05, 4.69) is 13.8 Å². The van der Waals surface area contributed by atoms with Gasteiger partial charge >= 0.3 is 12.0 Å². The summed E-state index contributed by atoms with van der Waals surface area (Å²) in [5, 5.41) is 8.86. The molecule has 0 saturated carbocycles. The summed E-state index contributed by atoms with van der Waals surface area (Å²) in [5.41, 5.74) is 0. The van der Waals surface area contributed by atoms with Gasteiger partial charge in [0.1, 0.15) is 0 Å². The number of piperidine rings is 1. The maximum absolute atomic E-state index is 12.5. The van der Waals surface area contributed by atoms with E-state index in [-0.39, 0.29) is 24.4 Å². The molecule has 2 unspecified atom stereocenters. The molecule has 1 saturated heterocycles. The number of carbonyl (C=O) groups excluding carboxylic acids is 1. The Balaban J connectivity index is 2.62. The predicted molar refractivity (Wildman–Crippen MR) is 74.1 cm³/mol. The van der Waals surface area contributed by atoms with Gasteiger partial charge in [-0.25, -0.2) is 4.79 Å². The maximum Gasteiger partial charge on any atom is 0.320 e. The van der Waals surface area contributed by atoms with Gasteiger partial charge in [0.2, 0.25) is 0 Å². The van der Waals surface area contributed by atoms with Gasteiger partial charge in [0.15, 0.2) is 0 Å².